The molecule has 0 saturated carbocycles. The molecule has 1 saturated heterocycles. The van der Waals surface area contributed by atoms with E-state index >= 15 is 0 Å². The molecule has 1 aliphatic heterocycles. The van der Waals surface area contributed by atoms with Crippen LogP contribution in [-0.4, -0.2) is 36.5 Å². The van der Waals surface area contributed by atoms with Crippen LogP contribution in [0.3, 0.4) is 0 Å². The van der Waals surface area contributed by atoms with Crippen molar-refractivity contribution >= 4 is 17.6 Å². The smallest absolute Gasteiger partial charge is 0.316 e. The number of nitrogens with zero attached hydrogens (tertiary/aromatic N) is 1. The van der Waals surface area contributed by atoms with Crippen molar-refractivity contribution in [3.05, 3.63) is 65.7 Å². The molecule has 3 rings (SSSR count). The number of hydrogen-bond acceptors (Lipinski definition) is 3. The van der Waals surface area contributed by atoms with E-state index in [2.05, 4.69) is 17.4 Å². The van der Waals surface area contributed by atoms with Gasteiger partial charge >= 0.3 is 6.03 Å². The molecule has 1 fully saturated rings. The quantitative estimate of drug-likeness (QED) is 0.794. The van der Waals surface area contributed by atoms with Gasteiger partial charge in [-0.15, -0.1) is 0 Å². The Morgan fingerprint density at radius 1 is 1.04 bits per heavy atom. The third-order valence-corrected chi connectivity index (χ3v) is 4.66. The molecule has 2 aromatic carbocycles. The fraction of sp³-hybridized carbons (Fsp3) is 0.263. The number of carbonyl (C=O) groups is 2. The van der Waals surface area contributed by atoms with Gasteiger partial charge in [-0.3, -0.25) is 4.79 Å². The molecule has 0 aliphatic carbocycles. The topological polar surface area (TPSA) is 101 Å². The Morgan fingerprint density at radius 2 is 1.72 bits per heavy atom. The van der Waals surface area contributed by atoms with Crippen LogP contribution >= 0.6 is 0 Å². The summed E-state index contributed by atoms with van der Waals surface area (Å²) in [6.07, 6.45) is 0. The third-order valence-electron chi connectivity index (χ3n) is 4.66. The Bertz CT molecular complexity index is 746. The molecule has 1 aliphatic rings. The van der Waals surface area contributed by atoms with E-state index in [1.165, 1.54) is 5.56 Å². The second-order valence-electron chi connectivity index (χ2n) is 6.29. The second-order valence-corrected chi connectivity index (χ2v) is 6.29. The second kappa shape index (κ2) is 7.36. The predicted molar refractivity (Wildman–Crippen MR) is 97.3 cm³/mol. The lowest BCUT2D eigenvalue weighted by Crippen LogP contribution is -2.29. The molecule has 0 unspecified atom stereocenters. The highest BCUT2D eigenvalue weighted by Gasteiger charge is 2.35. The van der Waals surface area contributed by atoms with Crippen LogP contribution in [0.15, 0.2) is 54.6 Å². The number of nitrogens with one attached hydrogen (secondary N) is 1. The van der Waals surface area contributed by atoms with E-state index in [1.54, 1.807) is 24.3 Å². The van der Waals surface area contributed by atoms with E-state index in [4.69, 9.17) is 11.5 Å². The number of urea groups is 1. The first kappa shape index (κ1) is 17.0. The predicted octanol–water partition coefficient (Wildman–Crippen LogP) is 1.99. The Balaban J connectivity index is 1.73. The van der Waals surface area contributed by atoms with Crippen LogP contribution in [0.4, 0.5) is 10.5 Å². The molecular formula is C19H22N4O2. The van der Waals surface area contributed by atoms with E-state index in [1.807, 2.05) is 23.1 Å². The van der Waals surface area contributed by atoms with Crippen LogP contribution in [0, 0.1) is 5.92 Å². The minimum Gasteiger partial charge on any atom is -0.351 e. The first-order chi connectivity index (χ1) is 12.1. The Hall–Kier alpha value is -2.86. The Morgan fingerprint density at radius 3 is 2.32 bits per heavy atom. The number of anilines is 1. The lowest BCUT2D eigenvalue weighted by atomic mass is 9.89. The van der Waals surface area contributed by atoms with Gasteiger partial charge in [0.2, 0.25) is 0 Å². The molecule has 6 heteroatoms. The van der Waals surface area contributed by atoms with Crippen LogP contribution in [0.5, 0.6) is 0 Å². The normalized spacial score (nSPS) is 19.6. The zero-order valence-electron chi connectivity index (χ0n) is 13.9. The number of likely N-dealkylation sites (tertiary alicyclic amines) is 1. The summed E-state index contributed by atoms with van der Waals surface area (Å²) < 4.78 is 0. The summed E-state index contributed by atoms with van der Waals surface area (Å²) in [6, 6.07) is 16.3. The lowest BCUT2D eigenvalue weighted by molar-refractivity contribution is 0.0786. The van der Waals surface area contributed by atoms with E-state index < -0.39 is 6.03 Å². The van der Waals surface area contributed by atoms with Gasteiger partial charge < -0.3 is 21.7 Å². The molecule has 0 spiro atoms. The number of rotatable bonds is 4. The summed E-state index contributed by atoms with van der Waals surface area (Å²) in [6.45, 7) is 1.85. The van der Waals surface area contributed by atoms with E-state index in [0.29, 0.717) is 30.9 Å². The van der Waals surface area contributed by atoms with E-state index in [9.17, 15) is 9.59 Å². The van der Waals surface area contributed by atoms with Gasteiger partial charge in [-0.1, -0.05) is 30.3 Å². The van der Waals surface area contributed by atoms with Gasteiger partial charge in [0.15, 0.2) is 0 Å². The van der Waals surface area contributed by atoms with Crippen LogP contribution in [0.1, 0.15) is 21.8 Å². The first-order valence-corrected chi connectivity index (χ1v) is 8.29. The van der Waals surface area contributed by atoms with Gasteiger partial charge in [0, 0.05) is 30.3 Å². The number of primary amides is 1. The molecule has 0 bridgehead atoms. The minimum absolute atomic E-state index is 0.0255. The summed E-state index contributed by atoms with van der Waals surface area (Å²) in [5.74, 6) is 0.482. The first-order valence-electron chi connectivity index (χ1n) is 8.29. The highest BCUT2D eigenvalue weighted by atomic mass is 16.2. The van der Waals surface area contributed by atoms with E-state index in [0.717, 1.165) is 0 Å². The highest BCUT2D eigenvalue weighted by molar-refractivity contribution is 5.95. The fourth-order valence-electron chi connectivity index (χ4n) is 3.37. The molecule has 0 aromatic heterocycles. The van der Waals surface area contributed by atoms with Gasteiger partial charge in [0.05, 0.1) is 0 Å². The molecule has 2 aromatic rings. The minimum atomic E-state index is -0.630. The van der Waals surface area contributed by atoms with Crippen molar-refractivity contribution in [2.24, 2.45) is 17.4 Å². The van der Waals surface area contributed by atoms with Crippen LogP contribution < -0.4 is 16.8 Å². The summed E-state index contributed by atoms with van der Waals surface area (Å²) in [5, 5.41) is 2.48. The van der Waals surface area contributed by atoms with Crippen LogP contribution in [-0.2, 0) is 0 Å². The van der Waals surface area contributed by atoms with Crippen LogP contribution in [0.2, 0.25) is 0 Å². The van der Waals surface area contributed by atoms with Gasteiger partial charge in [-0.2, -0.15) is 0 Å². The molecule has 1 heterocycles. The zero-order chi connectivity index (χ0) is 17.8. The van der Waals surface area contributed by atoms with Crippen molar-refractivity contribution in [2.45, 2.75) is 5.92 Å². The van der Waals surface area contributed by atoms with Crippen molar-refractivity contribution in [2.75, 3.05) is 25.0 Å². The van der Waals surface area contributed by atoms with Crippen molar-refractivity contribution < 1.29 is 9.59 Å². The number of hydrogen-bond donors (Lipinski definition) is 3. The molecule has 130 valence electrons. The number of carbonyl (C=O) groups excluding carboxylic acids is 2. The highest BCUT2D eigenvalue weighted by Crippen LogP contribution is 2.32. The van der Waals surface area contributed by atoms with Gasteiger partial charge in [0.25, 0.3) is 5.91 Å². The Kier molecular flexibility index (Phi) is 5.00. The van der Waals surface area contributed by atoms with Gasteiger partial charge in [-0.25, -0.2) is 4.79 Å². The number of nitrogens with two attached hydrogens (primary N) is 2. The SMILES string of the molecule is NC[C@@H]1CN(C(=O)c2ccc(NC(N)=O)cc2)C[C@H]1c1ccccc1. The third kappa shape index (κ3) is 3.80. The molecule has 6 nitrogen and oxygen atoms in total. The average Bonchev–Trinajstić information content (AvgIpc) is 3.06. The number of amides is 3. The lowest BCUT2D eigenvalue weighted by Gasteiger charge is -2.17. The average molecular weight is 338 g/mol. The molecule has 2 atom stereocenters. The molecule has 5 N–H and O–H groups in total. The Labute approximate surface area is 146 Å². The maximum absolute atomic E-state index is 12.8. The summed E-state index contributed by atoms with van der Waals surface area (Å²) >= 11 is 0. The summed E-state index contributed by atoms with van der Waals surface area (Å²) in [5.41, 5.74) is 13.4. The maximum atomic E-state index is 12.8. The van der Waals surface area contributed by atoms with Crippen molar-refractivity contribution in [1.82, 2.24) is 4.90 Å². The van der Waals surface area contributed by atoms with Crippen molar-refractivity contribution in [1.29, 1.82) is 0 Å². The summed E-state index contributed by atoms with van der Waals surface area (Å²) in [4.78, 5) is 25.5. The molecular weight excluding hydrogens is 316 g/mol. The fourth-order valence-corrected chi connectivity index (χ4v) is 3.37. The standard InChI is InChI=1S/C19H22N4O2/c20-10-15-11-23(12-17(15)13-4-2-1-3-5-13)18(24)14-6-8-16(9-7-14)22-19(21)25/h1-9,15,17H,10-12,20H2,(H3,21,22,25)/t15-,17+/m1/s1. The van der Waals surface area contributed by atoms with Crippen LogP contribution in [0.25, 0.3) is 0 Å². The number of benzene rings is 2. The maximum Gasteiger partial charge on any atom is 0.316 e. The van der Waals surface area contributed by atoms with Crippen molar-refractivity contribution in [3.8, 4) is 0 Å². The molecule has 0 radical (unpaired) electrons. The van der Waals surface area contributed by atoms with Gasteiger partial charge in [-0.05, 0) is 42.3 Å². The largest absolute Gasteiger partial charge is 0.351 e. The van der Waals surface area contributed by atoms with E-state index in [-0.39, 0.29) is 17.7 Å². The monoisotopic (exact) mass is 338 g/mol. The summed E-state index contributed by atoms with van der Waals surface area (Å²) in [7, 11) is 0. The van der Waals surface area contributed by atoms with Crippen molar-refractivity contribution in [3.63, 3.8) is 0 Å². The molecule has 25 heavy (non-hydrogen) atoms. The van der Waals surface area contributed by atoms with Gasteiger partial charge in [0.1, 0.15) is 0 Å². The zero-order valence-corrected chi connectivity index (χ0v) is 13.9. The molecule has 3 amide bonds.